The molecule has 0 aromatic heterocycles. The standard InChI is InChI=1S/C21H17NO2/c1-3-7-17-15(5-1)16-6-2-4-8-18(16)21(17)22-12-14-9-10-19-20(11-14)24-13-23-19/h1-11,21-22H,12-13H2/p+1. The SMILES string of the molecule is c1ccc2c(c1)-c1ccccc1C2[NH2+]Cc1ccc2c(c1)OCO2. The Morgan fingerprint density at radius 3 is 2.21 bits per heavy atom. The Labute approximate surface area is 140 Å². The van der Waals surface area contributed by atoms with E-state index in [1.807, 2.05) is 6.07 Å². The highest BCUT2D eigenvalue weighted by Crippen LogP contribution is 2.41. The number of hydrogen-bond donors (Lipinski definition) is 1. The zero-order chi connectivity index (χ0) is 15.9. The first kappa shape index (κ1) is 13.6. The Hall–Kier alpha value is -2.78. The van der Waals surface area contributed by atoms with E-state index >= 15 is 0 Å². The summed E-state index contributed by atoms with van der Waals surface area (Å²) in [6, 6.07) is 24.0. The first-order chi connectivity index (χ1) is 11.9. The fourth-order valence-corrected chi connectivity index (χ4v) is 3.77. The van der Waals surface area contributed by atoms with Crippen molar-refractivity contribution in [1.82, 2.24) is 0 Å². The van der Waals surface area contributed by atoms with Crippen LogP contribution in [0.25, 0.3) is 11.1 Å². The van der Waals surface area contributed by atoms with Gasteiger partial charge in [-0.25, -0.2) is 0 Å². The van der Waals surface area contributed by atoms with Crippen LogP contribution in [0.3, 0.4) is 0 Å². The number of hydrogen-bond acceptors (Lipinski definition) is 2. The van der Waals surface area contributed by atoms with Gasteiger partial charge in [-0.3, -0.25) is 0 Å². The molecule has 0 fully saturated rings. The molecule has 0 saturated carbocycles. The molecule has 0 bridgehead atoms. The maximum atomic E-state index is 5.49. The fraction of sp³-hybridized carbons (Fsp3) is 0.143. The van der Waals surface area contributed by atoms with Crippen molar-refractivity contribution in [2.45, 2.75) is 12.6 Å². The lowest BCUT2D eigenvalue weighted by atomic mass is 10.0. The van der Waals surface area contributed by atoms with E-state index in [1.165, 1.54) is 27.8 Å². The van der Waals surface area contributed by atoms with E-state index in [0.717, 1.165) is 18.0 Å². The second-order valence-electron chi connectivity index (χ2n) is 6.28. The number of nitrogens with two attached hydrogens (primary N) is 1. The predicted octanol–water partition coefficient (Wildman–Crippen LogP) is 3.25. The zero-order valence-electron chi connectivity index (χ0n) is 13.2. The van der Waals surface area contributed by atoms with Gasteiger partial charge in [-0.15, -0.1) is 0 Å². The lowest BCUT2D eigenvalue weighted by molar-refractivity contribution is -0.701. The Balaban J connectivity index is 1.45. The fourth-order valence-electron chi connectivity index (χ4n) is 3.77. The Morgan fingerprint density at radius 2 is 1.46 bits per heavy atom. The second kappa shape index (κ2) is 5.39. The number of fused-ring (bicyclic) bond motifs is 4. The quantitative estimate of drug-likeness (QED) is 0.805. The van der Waals surface area contributed by atoms with Crippen molar-refractivity contribution < 1.29 is 14.8 Å². The predicted molar refractivity (Wildman–Crippen MR) is 91.9 cm³/mol. The highest BCUT2D eigenvalue weighted by atomic mass is 16.7. The summed E-state index contributed by atoms with van der Waals surface area (Å²) in [7, 11) is 0. The first-order valence-electron chi connectivity index (χ1n) is 8.30. The summed E-state index contributed by atoms with van der Waals surface area (Å²) in [5.41, 5.74) is 6.78. The maximum Gasteiger partial charge on any atom is 0.231 e. The van der Waals surface area contributed by atoms with Crippen molar-refractivity contribution in [3.8, 4) is 22.6 Å². The minimum atomic E-state index is 0.325. The summed E-state index contributed by atoms with van der Waals surface area (Å²) in [6.45, 7) is 1.23. The second-order valence-corrected chi connectivity index (χ2v) is 6.28. The van der Waals surface area contributed by atoms with Crippen LogP contribution in [0.2, 0.25) is 0 Å². The molecule has 24 heavy (non-hydrogen) atoms. The molecule has 1 heterocycles. The van der Waals surface area contributed by atoms with Gasteiger partial charge in [0.15, 0.2) is 11.5 Å². The van der Waals surface area contributed by atoms with Crippen molar-refractivity contribution >= 4 is 0 Å². The molecule has 0 saturated heterocycles. The van der Waals surface area contributed by atoms with Gasteiger partial charge in [-0.2, -0.15) is 0 Å². The number of ether oxygens (including phenoxy) is 2. The van der Waals surface area contributed by atoms with Crippen LogP contribution in [0.1, 0.15) is 22.7 Å². The maximum absolute atomic E-state index is 5.49. The van der Waals surface area contributed by atoms with Gasteiger partial charge >= 0.3 is 0 Å². The molecule has 0 spiro atoms. The molecule has 3 nitrogen and oxygen atoms in total. The molecule has 3 heteroatoms. The van der Waals surface area contributed by atoms with Gasteiger partial charge in [0.1, 0.15) is 12.6 Å². The average molecular weight is 316 g/mol. The van der Waals surface area contributed by atoms with Gasteiger partial charge in [-0.05, 0) is 29.3 Å². The minimum Gasteiger partial charge on any atom is -0.454 e. The van der Waals surface area contributed by atoms with Crippen molar-refractivity contribution in [1.29, 1.82) is 0 Å². The summed E-state index contributed by atoms with van der Waals surface area (Å²) in [4.78, 5) is 0. The minimum absolute atomic E-state index is 0.325. The smallest absolute Gasteiger partial charge is 0.231 e. The van der Waals surface area contributed by atoms with Gasteiger partial charge in [0.2, 0.25) is 6.79 Å². The normalized spacial score (nSPS) is 14.5. The van der Waals surface area contributed by atoms with Gasteiger partial charge in [0.05, 0.1) is 0 Å². The average Bonchev–Trinajstić information content (AvgIpc) is 3.22. The summed E-state index contributed by atoms with van der Waals surface area (Å²) < 4.78 is 10.9. The van der Waals surface area contributed by atoms with Crippen LogP contribution in [-0.2, 0) is 6.54 Å². The molecule has 3 aromatic rings. The van der Waals surface area contributed by atoms with Gasteiger partial charge < -0.3 is 14.8 Å². The Bertz CT molecular complexity index is 874. The summed E-state index contributed by atoms with van der Waals surface area (Å²) in [5.74, 6) is 1.70. The molecule has 0 amide bonds. The third kappa shape index (κ3) is 2.09. The summed E-state index contributed by atoms with van der Waals surface area (Å²) in [5, 5.41) is 2.40. The number of benzene rings is 3. The van der Waals surface area contributed by atoms with Crippen LogP contribution >= 0.6 is 0 Å². The van der Waals surface area contributed by atoms with Gasteiger partial charge in [0.25, 0.3) is 0 Å². The largest absolute Gasteiger partial charge is 0.454 e. The number of quaternary nitrogens is 1. The monoisotopic (exact) mass is 316 g/mol. The molecule has 118 valence electrons. The molecule has 2 N–H and O–H groups in total. The molecule has 5 rings (SSSR count). The molecule has 2 aliphatic rings. The number of rotatable bonds is 3. The molecule has 1 aliphatic heterocycles. The first-order valence-corrected chi connectivity index (χ1v) is 8.30. The van der Waals surface area contributed by atoms with Crippen LogP contribution in [0.5, 0.6) is 11.5 Å². The topological polar surface area (TPSA) is 35.1 Å². The molecule has 0 unspecified atom stereocenters. The summed E-state index contributed by atoms with van der Waals surface area (Å²) >= 11 is 0. The molecular weight excluding hydrogens is 298 g/mol. The van der Waals surface area contributed by atoms with Crippen molar-refractivity contribution in [2.75, 3.05) is 6.79 Å². The van der Waals surface area contributed by atoms with E-state index in [-0.39, 0.29) is 0 Å². The highest BCUT2D eigenvalue weighted by molar-refractivity contribution is 5.77. The van der Waals surface area contributed by atoms with Gasteiger partial charge in [0, 0.05) is 16.7 Å². The zero-order valence-corrected chi connectivity index (χ0v) is 13.2. The van der Waals surface area contributed by atoms with Crippen molar-refractivity contribution in [3.05, 3.63) is 83.4 Å². The Morgan fingerprint density at radius 1 is 0.792 bits per heavy atom. The van der Waals surface area contributed by atoms with Crippen molar-refractivity contribution in [3.63, 3.8) is 0 Å². The lowest BCUT2D eigenvalue weighted by Crippen LogP contribution is -2.83. The summed E-state index contributed by atoms with van der Waals surface area (Å²) in [6.07, 6.45) is 0. The van der Waals surface area contributed by atoms with Gasteiger partial charge in [-0.1, -0.05) is 48.5 Å². The van der Waals surface area contributed by atoms with Crippen molar-refractivity contribution in [2.24, 2.45) is 0 Å². The van der Waals surface area contributed by atoms with E-state index in [9.17, 15) is 0 Å². The Kier molecular flexibility index (Phi) is 3.06. The van der Waals surface area contributed by atoms with E-state index in [0.29, 0.717) is 12.8 Å². The molecule has 3 aromatic carbocycles. The van der Waals surface area contributed by atoms with Crippen LogP contribution in [0.4, 0.5) is 0 Å². The van der Waals surface area contributed by atoms with Crippen LogP contribution in [0.15, 0.2) is 66.7 Å². The lowest BCUT2D eigenvalue weighted by Gasteiger charge is -2.13. The molecule has 0 atom stereocenters. The molecular formula is C21H18NO2+. The van der Waals surface area contributed by atoms with E-state index in [4.69, 9.17) is 9.47 Å². The van der Waals surface area contributed by atoms with E-state index in [1.54, 1.807) is 0 Å². The van der Waals surface area contributed by atoms with Crippen LogP contribution in [-0.4, -0.2) is 6.79 Å². The van der Waals surface area contributed by atoms with Crippen LogP contribution in [0, 0.1) is 0 Å². The third-order valence-corrected chi connectivity index (χ3v) is 4.91. The highest BCUT2D eigenvalue weighted by Gasteiger charge is 2.30. The van der Waals surface area contributed by atoms with Crippen LogP contribution < -0.4 is 14.8 Å². The molecule has 1 aliphatic carbocycles. The third-order valence-electron chi connectivity index (χ3n) is 4.91. The van der Waals surface area contributed by atoms with E-state index < -0.39 is 0 Å². The van der Waals surface area contributed by atoms with E-state index in [2.05, 4.69) is 66.0 Å². The molecule has 0 radical (unpaired) electrons.